The summed E-state index contributed by atoms with van der Waals surface area (Å²) in [4.78, 5) is 10.2. The molecule has 6 aromatic carbocycles. The lowest BCUT2D eigenvalue weighted by Crippen LogP contribution is -2.14. The topological polar surface area (TPSA) is 38.9 Å². The quantitative estimate of drug-likeness (QED) is 0.205. The maximum Gasteiger partial charge on any atom is 0.160 e. The van der Waals surface area contributed by atoms with Crippen molar-refractivity contribution in [3.8, 4) is 56.2 Å². The highest BCUT2D eigenvalue weighted by Gasteiger charge is 2.36. The van der Waals surface area contributed by atoms with Gasteiger partial charge in [-0.1, -0.05) is 135 Å². The Balaban J connectivity index is 1.22. The van der Waals surface area contributed by atoms with E-state index >= 15 is 0 Å². The summed E-state index contributed by atoms with van der Waals surface area (Å²) in [6.07, 6.45) is 0. The van der Waals surface area contributed by atoms with Gasteiger partial charge in [0, 0.05) is 32.9 Å². The SMILES string of the molecule is CC1(C)c2ccccc2-c2cc3c(cc21)oc1c(-c2cc(-c4ccc(-c5ccccc5)cc4)nc(-c4ccccc4)n2)cccc13. The fraction of sp³-hybridized carbons (Fsp3) is 0.0698. The molecule has 0 bridgehead atoms. The van der Waals surface area contributed by atoms with Gasteiger partial charge in [0.25, 0.3) is 0 Å². The highest BCUT2D eigenvalue weighted by atomic mass is 16.3. The summed E-state index contributed by atoms with van der Waals surface area (Å²) < 4.78 is 6.75. The van der Waals surface area contributed by atoms with Crippen LogP contribution in [-0.2, 0) is 5.41 Å². The van der Waals surface area contributed by atoms with Crippen LogP contribution >= 0.6 is 0 Å². The van der Waals surface area contributed by atoms with Gasteiger partial charge in [0.05, 0.1) is 11.4 Å². The van der Waals surface area contributed by atoms with Crippen molar-refractivity contribution in [3.05, 3.63) is 157 Å². The van der Waals surface area contributed by atoms with E-state index in [4.69, 9.17) is 14.4 Å². The molecule has 8 aromatic rings. The van der Waals surface area contributed by atoms with Crippen LogP contribution in [-0.4, -0.2) is 9.97 Å². The van der Waals surface area contributed by atoms with Gasteiger partial charge in [-0.05, 0) is 57.6 Å². The molecule has 0 saturated heterocycles. The fourth-order valence-corrected chi connectivity index (χ4v) is 7.11. The normalized spacial score (nSPS) is 13.2. The number of nitrogens with zero attached hydrogens (tertiary/aromatic N) is 2. The van der Waals surface area contributed by atoms with Crippen molar-refractivity contribution < 1.29 is 4.42 Å². The molecule has 3 nitrogen and oxygen atoms in total. The van der Waals surface area contributed by atoms with E-state index in [0.717, 1.165) is 50.0 Å². The van der Waals surface area contributed by atoms with Crippen LogP contribution in [0.2, 0.25) is 0 Å². The Labute approximate surface area is 267 Å². The molecule has 3 heteroatoms. The Hall–Kier alpha value is -5.80. The van der Waals surface area contributed by atoms with Gasteiger partial charge < -0.3 is 4.42 Å². The number of benzene rings is 6. The number of hydrogen-bond donors (Lipinski definition) is 0. The molecular weight excluding hydrogens is 560 g/mol. The van der Waals surface area contributed by atoms with E-state index in [9.17, 15) is 0 Å². The molecule has 0 radical (unpaired) electrons. The zero-order valence-electron chi connectivity index (χ0n) is 25.7. The van der Waals surface area contributed by atoms with Crippen LogP contribution in [0, 0.1) is 0 Å². The van der Waals surface area contributed by atoms with Gasteiger partial charge in [-0.2, -0.15) is 0 Å². The lowest BCUT2D eigenvalue weighted by atomic mass is 9.82. The molecule has 0 amide bonds. The first-order valence-corrected chi connectivity index (χ1v) is 15.7. The van der Waals surface area contributed by atoms with Crippen LogP contribution in [0.5, 0.6) is 0 Å². The summed E-state index contributed by atoms with van der Waals surface area (Å²) >= 11 is 0. The van der Waals surface area contributed by atoms with E-state index in [2.05, 4.69) is 135 Å². The van der Waals surface area contributed by atoms with Crippen LogP contribution < -0.4 is 0 Å². The number of aromatic nitrogens is 2. The van der Waals surface area contributed by atoms with Crippen molar-refractivity contribution in [2.24, 2.45) is 0 Å². The number of rotatable bonds is 4. The van der Waals surface area contributed by atoms with E-state index in [-0.39, 0.29) is 5.41 Å². The molecule has 46 heavy (non-hydrogen) atoms. The first kappa shape index (κ1) is 26.6. The summed E-state index contributed by atoms with van der Waals surface area (Å²) in [6, 6.07) is 51.0. The molecule has 0 unspecified atom stereocenters. The highest BCUT2D eigenvalue weighted by molar-refractivity contribution is 6.11. The zero-order valence-corrected chi connectivity index (χ0v) is 25.7. The molecule has 218 valence electrons. The van der Waals surface area contributed by atoms with Crippen LogP contribution in [0.4, 0.5) is 0 Å². The molecule has 2 aromatic heterocycles. The maximum absolute atomic E-state index is 6.75. The Morgan fingerprint density at radius 1 is 0.457 bits per heavy atom. The first-order valence-electron chi connectivity index (χ1n) is 15.7. The van der Waals surface area contributed by atoms with Gasteiger partial charge in [0.15, 0.2) is 5.82 Å². The minimum absolute atomic E-state index is 0.0931. The maximum atomic E-state index is 6.75. The Morgan fingerprint density at radius 2 is 1.09 bits per heavy atom. The second-order valence-electron chi connectivity index (χ2n) is 12.6. The largest absolute Gasteiger partial charge is 0.455 e. The van der Waals surface area contributed by atoms with Crippen molar-refractivity contribution in [2.75, 3.05) is 0 Å². The standard InChI is InChI=1S/C43H30N2O/c1-43(2)36-19-10-9-16-31(36)34-24-35-32-17-11-18-33(41(32)46-40(35)25-37(34)43)39-26-38(44-42(45-39)30-14-7-4-8-15-30)29-22-20-28(21-23-29)27-12-5-3-6-13-27/h3-26H,1-2H3. The Bertz CT molecular complexity index is 2420. The van der Waals surface area contributed by atoms with Gasteiger partial charge >= 0.3 is 0 Å². The molecule has 0 saturated carbocycles. The third-order valence-electron chi connectivity index (χ3n) is 9.52. The van der Waals surface area contributed by atoms with E-state index in [0.29, 0.717) is 5.82 Å². The summed E-state index contributed by atoms with van der Waals surface area (Å²) in [5.74, 6) is 0.686. The van der Waals surface area contributed by atoms with Crippen molar-refractivity contribution in [2.45, 2.75) is 19.3 Å². The lowest BCUT2D eigenvalue weighted by molar-refractivity contribution is 0.647. The molecule has 0 atom stereocenters. The van der Waals surface area contributed by atoms with Crippen LogP contribution in [0.1, 0.15) is 25.0 Å². The molecule has 0 spiro atoms. The van der Waals surface area contributed by atoms with Gasteiger partial charge in [0.1, 0.15) is 11.2 Å². The van der Waals surface area contributed by atoms with Gasteiger partial charge in [-0.25, -0.2) is 9.97 Å². The minimum atomic E-state index is -0.0931. The molecule has 0 aliphatic heterocycles. The van der Waals surface area contributed by atoms with Gasteiger partial charge in [-0.15, -0.1) is 0 Å². The molecule has 9 rings (SSSR count). The van der Waals surface area contributed by atoms with Gasteiger partial charge in [0.2, 0.25) is 0 Å². The van der Waals surface area contributed by atoms with Crippen LogP contribution in [0.3, 0.4) is 0 Å². The van der Waals surface area contributed by atoms with Crippen LogP contribution in [0.15, 0.2) is 150 Å². The van der Waals surface area contributed by atoms with Crippen molar-refractivity contribution in [1.29, 1.82) is 0 Å². The van der Waals surface area contributed by atoms with Crippen molar-refractivity contribution in [1.82, 2.24) is 9.97 Å². The highest BCUT2D eigenvalue weighted by Crippen LogP contribution is 2.51. The molecule has 1 aliphatic carbocycles. The van der Waals surface area contributed by atoms with E-state index in [1.807, 2.05) is 24.3 Å². The third kappa shape index (κ3) is 4.13. The number of hydrogen-bond acceptors (Lipinski definition) is 3. The number of furan rings is 1. The molecule has 0 N–H and O–H groups in total. The van der Waals surface area contributed by atoms with Crippen molar-refractivity contribution in [3.63, 3.8) is 0 Å². The molecule has 2 heterocycles. The molecule has 1 aliphatic rings. The average molecular weight is 591 g/mol. The third-order valence-corrected chi connectivity index (χ3v) is 9.52. The van der Waals surface area contributed by atoms with Gasteiger partial charge in [-0.3, -0.25) is 0 Å². The van der Waals surface area contributed by atoms with Crippen molar-refractivity contribution >= 4 is 21.9 Å². The predicted molar refractivity (Wildman–Crippen MR) is 189 cm³/mol. The molecular formula is C43H30N2O. The van der Waals surface area contributed by atoms with E-state index in [1.165, 1.54) is 33.4 Å². The number of para-hydroxylation sites is 1. The minimum Gasteiger partial charge on any atom is -0.455 e. The Morgan fingerprint density at radius 3 is 1.87 bits per heavy atom. The summed E-state index contributed by atoms with van der Waals surface area (Å²) in [5, 5.41) is 2.21. The fourth-order valence-electron chi connectivity index (χ4n) is 7.11. The summed E-state index contributed by atoms with van der Waals surface area (Å²) in [5.41, 5.74) is 13.9. The van der Waals surface area contributed by atoms with E-state index < -0.39 is 0 Å². The number of fused-ring (bicyclic) bond motifs is 6. The Kier molecular flexibility index (Phi) is 5.85. The average Bonchev–Trinajstić information content (AvgIpc) is 3.59. The monoisotopic (exact) mass is 590 g/mol. The lowest BCUT2D eigenvalue weighted by Gasteiger charge is -2.21. The van der Waals surface area contributed by atoms with E-state index in [1.54, 1.807) is 0 Å². The first-order chi connectivity index (χ1) is 22.5. The predicted octanol–water partition coefficient (Wildman–Crippen LogP) is 11.4. The molecule has 0 fully saturated rings. The smallest absolute Gasteiger partial charge is 0.160 e. The second kappa shape index (κ2) is 10.1. The van der Waals surface area contributed by atoms with Crippen LogP contribution in [0.25, 0.3) is 78.1 Å². The summed E-state index contributed by atoms with van der Waals surface area (Å²) in [6.45, 7) is 4.61. The second-order valence-corrected chi connectivity index (χ2v) is 12.6. The summed E-state index contributed by atoms with van der Waals surface area (Å²) in [7, 11) is 0. The zero-order chi connectivity index (χ0) is 30.8.